The number of likely N-dealkylation sites (tertiary alicyclic amines) is 1. The Balaban J connectivity index is 1.33. The average molecular weight is 559 g/mol. The van der Waals surface area contributed by atoms with E-state index in [-0.39, 0.29) is 46.2 Å². The predicted molar refractivity (Wildman–Crippen MR) is 143 cm³/mol. The topological polar surface area (TPSA) is 115 Å². The smallest absolute Gasteiger partial charge is 0.409 e. The molecule has 2 saturated heterocycles. The fourth-order valence-corrected chi connectivity index (χ4v) is 5.99. The van der Waals surface area contributed by atoms with Gasteiger partial charge in [0.05, 0.1) is 53.9 Å². The van der Waals surface area contributed by atoms with Crippen molar-refractivity contribution < 1.29 is 23.8 Å². The summed E-state index contributed by atoms with van der Waals surface area (Å²) in [6.45, 7) is 5.41. The number of carbonyl (C=O) groups is 1. The Morgan fingerprint density at radius 3 is 2.82 bits per heavy atom. The molecule has 0 radical (unpaired) electrons. The number of anilines is 1. The van der Waals surface area contributed by atoms with Crippen LogP contribution >= 0.6 is 11.6 Å². The van der Waals surface area contributed by atoms with Crippen molar-refractivity contribution in [3.05, 3.63) is 35.0 Å². The lowest BCUT2D eigenvalue weighted by Gasteiger charge is -2.34. The number of nitrogens with zero attached hydrogens (tertiary/aromatic N) is 5. The van der Waals surface area contributed by atoms with Crippen LogP contribution in [0, 0.1) is 5.82 Å². The highest BCUT2D eigenvalue weighted by Gasteiger charge is 2.50. The van der Waals surface area contributed by atoms with Crippen LogP contribution in [0.5, 0.6) is 0 Å². The average Bonchev–Trinajstić information content (AvgIpc) is 3.30. The van der Waals surface area contributed by atoms with Gasteiger partial charge in [-0.25, -0.2) is 24.1 Å². The molecular formula is C27H32ClFN6O4. The SMILES string of the molecule is COC(=O)N1CC[C@@H](c2nc3c(F)cc(-c4nc(N[C@H]5COC6(CC6)CC5O)ncc4Cl)cc3n2C(C)C)C1. The van der Waals surface area contributed by atoms with Gasteiger partial charge in [-0.2, -0.15) is 0 Å². The zero-order valence-corrected chi connectivity index (χ0v) is 22.9. The van der Waals surface area contributed by atoms with E-state index in [1.54, 1.807) is 4.90 Å². The number of rotatable bonds is 5. The minimum absolute atomic E-state index is 0.00697. The van der Waals surface area contributed by atoms with Gasteiger partial charge in [-0.15, -0.1) is 0 Å². The van der Waals surface area contributed by atoms with Gasteiger partial charge in [0.2, 0.25) is 5.95 Å². The van der Waals surface area contributed by atoms with E-state index in [0.29, 0.717) is 49.3 Å². The van der Waals surface area contributed by atoms with Gasteiger partial charge >= 0.3 is 6.09 Å². The Morgan fingerprint density at radius 2 is 2.13 bits per heavy atom. The molecule has 6 rings (SSSR count). The van der Waals surface area contributed by atoms with Crippen molar-refractivity contribution in [2.45, 2.75) is 69.2 Å². The number of methoxy groups -OCH3 is 1. The van der Waals surface area contributed by atoms with Crippen LogP contribution in [0.2, 0.25) is 5.02 Å². The summed E-state index contributed by atoms with van der Waals surface area (Å²) in [5.41, 5.74) is 1.59. The molecular weight excluding hydrogens is 527 g/mol. The molecule has 1 amide bonds. The van der Waals surface area contributed by atoms with Gasteiger partial charge in [0, 0.05) is 37.0 Å². The summed E-state index contributed by atoms with van der Waals surface area (Å²) in [5, 5.41) is 14.1. The molecule has 2 aliphatic heterocycles. The van der Waals surface area contributed by atoms with Gasteiger partial charge in [0.15, 0.2) is 5.82 Å². The fraction of sp³-hybridized carbons (Fsp3) is 0.556. The number of hydrogen-bond donors (Lipinski definition) is 2. The Bertz CT molecular complexity index is 1430. The molecule has 10 nitrogen and oxygen atoms in total. The highest BCUT2D eigenvalue weighted by atomic mass is 35.5. The lowest BCUT2D eigenvalue weighted by atomic mass is 10.00. The van der Waals surface area contributed by atoms with Crippen LogP contribution in [0.15, 0.2) is 18.3 Å². The lowest BCUT2D eigenvalue weighted by molar-refractivity contribution is -0.0671. The number of amides is 1. The summed E-state index contributed by atoms with van der Waals surface area (Å²) in [4.78, 5) is 27.3. The maximum Gasteiger partial charge on any atom is 0.409 e. The zero-order valence-electron chi connectivity index (χ0n) is 22.2. The van der Waals surface area contributed by atoms with Crippen molar-refractivity contribution in [1.82, 2.24) is 24.4 Å². The first kappa shape index (κ1) is 26.2. The normalized spacial score (nSPS) is 24.1. The standard InChI is InChI=1S/C27H32ClFN6O4/c1-14(2)35-20-9-16(8-18(29)23(20)32-24(35)15-4-7-34(12-15)26(37)38-3)22-17(28)11-30-25(33-22)31-19-13-39-27(5-6-27)10-21(19)36/h8-9,11,14-15,19,21,36H,4-7,10,12-13H2,1-3H3,(H,30,31,33)/t15-,19+,21?/m1/s1. The van der Waals surface area contributed by atoms with Crippen molar-refractivity contribution in [1.29, 1.82) is 0 Å². The number of carbonyl (C=O) groups excluding carboxylic acids is 1. The fourth-order valence-electron chi connectivity index (χ4n) is 5.79. The molecule has 3 fully saturated rings. The van der Waals surface area contributed by atoms with Crippen LogP contribution in [-0.2, 0) is 9.47 Å². The second kappa shape index (κ2) is 9.87. The van der Waals surface area contributed by atoms with E-state index in [1.807, 2.05) is 24.5 Å². The molecule has 12 heteroatoms. The minimum Gasteiger partial charge on any atom is -0.453 e. The number of imidazole rings is 1. The van der Waals surface area contributed by atoms with Gasteiger partial charge in [0.25, 0.3) is 0 Å². The summed E-state index contributed by atoms with van der Waals surface area (Å²) in [7, 11) is 1.36. The molecule has 3 aromatic rings. The number of benzene rings is 1. The highest BCUT2D eigenvalue weighted by Crippen LogP contribution is 2.46. The molecule has 0 bridgehead atoms. The Morgan fingerprint density at radius 1 is 1.33 bits per heavy atom. The van der Waals surface area contributed by atoms with Crippen LogP contribution in [0.3, 0.4) is 0 Å². The first-order valence-corrected chi connectivity index (χ1v) is 13.7. The van der Waals surface area contributed by atoms with Gasteiger partial charge in [-0.1, -0.05) is 11.6 Å². The Labute approximate surface area is 230 Å². The number of aliphatic hydroxyl groups is 1. The molecule has 39 heavy (non-hydrogen) atoms. The molecule has 4 heterocycles. The van der Waals surface area contributed by atoms with Crippen LogP contribution in [0.4, 0.5) is 15.1 Å². The summed E-state index contributed by atoms with van der Waals surface area (Å²) in [6, 6.07) is 2.86. The molecule has 1 aliphatic carbocycles. The Kier molecular flexibility index (Phi) is 6.63. The predicted octanol–water partition coefficient (Wildman–Crippen LogP) is 4.52. The number of nitrogens with one attached hydrogen (secondary N) is 1. The van der Waals surface area contributed by atoms with Crippen LogP contribution < -0.4 is 5.32 Å². The third-order valence-corrected chi connectivity index (χ3v) is 8.31. The van der Waals surface area contributed by atoms with Crippen LogP contribution in [0.1, 0.15) is 57.3 Å². The van der Waals surface area contributed by atoms with E-state index in [4.69, 9.17) is 26.1 Å². The second-order valence-electron chi connectivity index (χ2n) is 11.1. The van der Waals surface area contributed by atoms with Crippen LogP contribution in [-0.4, -0.2) is 80.2 Å². The number of aromatic nitrogens is 4. The van der Waals surface area contributed by atoms with Crippen molar-refractivity contribution in [2.75, 3.05) is 32.1 Å². The monoisotopic (exact) mass is 558 g/mol. The molecule has 1 saturated carbocycles. The summed E-state index contributed by atoms with van der Waals surface area (Å²) >= 11 is 6.50. The molecule has 2 N–H and O–H groups in total. The van der Waals surface area contributed by atoms with Crippen molar-refractivity contribution in [3.63, 3.8) is 0 Å². The van der Waals surface area contributed by atoms with E-state index in [1.165, 1.54) is 19.4 Å². The molecule has 208 valence electrons. The van der Waals surface area contributed by atoms with Gasteiger partial charge in [-0.3, -0.25) is 0 Å². The Hall–Kier alpha value is -3.02. The quantitative estimate of drug-likeness (QED) is 0.470. The molecule has 3 atom stereocenters. The van der Waals surface area contributed by atoms with E-state index in [9.17, 15) is 9.90 Å². The van der Waals surface area contributed by atoms with E-state index in [0.717, 1.165) is 18.7 Å². The van der Waals surface area contributed by atoms with Crippen molar-refractivity contribution in [3.8, 4) is 11.3 Å². The van der Waals surface area contributed by atoms with Gasteiger partial charge in [-0.05, 0) is 45.2 Å². The van der Waals surface area contributed by atoms with E-state index < -0.39 is 11.9 Å². The molecule has 1 unspecified atom stereocenters. The molecule has 1 spiro atoms. The first-order chi connectivity index (χ1) is 18.7. The molecule has 2 aromatic heterocycles. The van der Waals surface area contributed by atoms with Crippen molar-refractivity contribution >= 4 is 34.7 Å². The van der Waals surface area contributed by atoms with E-state index >= 15 is 4.39 Å². The summed E-state index contributed by atoms with van der Waals surface area (Å²) in [6.07, 6.45) is 3.76. The minimum atomic E-state index is -0.581. The number of aliphatic hydroxyl groups excluding tert-OH is 1. The third-order valence-electron chi connectivity index (χ3n) is 8.03. The maximum atomic E-state index is 15.6. The number of fused-ring (bicyclic) bond motifs is 1. The van der Waals surface area contributed by atoms with E-state index in [2.05, 4.69) is 15.3 Å². The third kappa shape index (κ3) is 4.81. The zero-order chi connectivity index (χ0) is 27.5. The number of hydrogen-bond acceptors (Lipinski definition) is 8. The highest BCUT2D eigenvalue weighted by molar-refractivity contribution is 6.33. The largest absolute Gasteiger partial charge is 0.453 e. The maximum absolute atomic E-state index is 15.6. The molecule has 1 aromatic carbocycles. The molecule has 3 aliphatic rings. The number of halogens is 2. The first-order valence-electron chi connectivity index (χ1n) is 13.3. The van der Waals surface area contributed by atoms with Gasteiger partial charge < -0.3 is 29.4 Å². The summed E-state index contributed by atoms with van der Waals surface area (Å²) < 4.78 is 28.4. The van der Waals surface area contributed by atoms with Crippen molar-refractivity contribution in [2.24, 2.45) is 0 Å². The summed E-state index contributed by atoms with van der Waals surface area (Å²) in [5.74, 6) is 0.486. The van der Waals surface area contributed by atoms with Gasteiger partial charge in [0.1, 0.15) is 11.3 Å². The van der Waals surface area contributed by atoms with Crippen LogP contribution in [0.25, 0.3) is 22.3 Å². The number of ether oxygens (including phenoxy) is 2. The second-order valence-corrected chi connectivity index (χ2v) is 11.5. The lowest BCUT2D eigenvalue weighted by Crippen LogP contribution is -2.47.